The molecule has 3 N–H and O–H groups in total. The lowest BCUT2D eigenvalue weighted by atomic mass is 10.1. The molecule has 0 radical (unpaired) electrons. The Morgan fingerprint density at radius 3 is 2.78 bits per heavy atom. The van der Waals surface area contributed by atoms with Gasteiger partial charge in [0.25, 0.3) is 5.91 Å². The molecule has 4 amide bonds. The fraction of sp³-hybridized carbons (Fsp3) is 0.208. The monoisotopic (exact) mass is 430 g/mol. The van der Waals surface area contributed by atoms with Gasteiger partial charge >= 0.3 is 6.03 Å². The van der Waals surface area contributed by atoms with Crippen LogP contribution in [0.3, 0.4) is 0 Å². The summed E-state index contributed by atoms with van der Waals surface area (Å²) in [4.78, 5) is 41.9. The summed E-state index contributed by atoms with van der Waals surface area (Å²) in [5, 5.41) is 7.44. The molecule has 5 rings (SSSR count). The second kappa shape index (κ2) is 7.88. The first-order valence-electron chi connectivity index (χ1n) is 10.4. The van der Waals surface area contributed by atoms with Gasteiger partial charge in [-0.3, -0.25) is 14.5 Å². The van der Waals surface area contributed by atoms with Gasteiger partial charge in [0.05, 0.1) is 6.04 Å². The summed E-state index contributed by atoms with van der Waals surface area (Å²) in [6, 6.07) is 15.5. The Bertz CT molecular complexity index is 1310. The number of aromatic amines is 1. The largest absolute Gasteiger partial charge is 0.459 e. The number of para-hydroxylation sites is 2. The normalized spacial score (nSPS) is 17.2. The Morgan fingerprint density at radius 2 is 1.94 bits per heavy atom. The number of hydrogen-bond acceptors (Lipinski definition) is 4. The van der Waals surface area contributed by atoms with E-state index in [9.17, 15) is 14.4 Å². The summed E-state index contributed by atoms with van der Waals surface area (Å²) in [6.07, 6.45) is 2.19. The van der Waals surface area contributed by atoms with Gasteiger partial charge in [0.1, 0.15) is 23.9 Å². The molecule has 0 unspecified atom stereocenters. The van der Waals surface area contributed by atoms with Crippen LogP contribution in [0.5, 0.6) is 0 Å². The van der Waals surface area contributed by atoms with E-state index in [0.29, 0.717) is 12.2 Å². The summed E-state index contributed by atoms with van der Waals surface area (Å²) in [5.41, 5.74) is 2.64. The van der Waals surface area contributed by atoms with Crippen molar-refractivity contribution in [2.75, 3.05) is 6.54 Å². The molecular formula is C24H22N4O4. The molecule has 2 aromatic carbocycles. The Balaban J connectivity index is 1.23. The molecule has 32 heavy (non-hydrogen) atoms. The third-order valence-electron chi connectivity index (χ3n) is 5.76. The third kappa shape index (κ3) is 3.60. The van der Waals surface area contributed by atoms with Gasteiger partial charge in [0, 0.05) is 28.9 Å². The number of nitrogens with zero attached hydrogens (tertiary/aromatic N) is 1. The van der Waals surface area contributed by atoms with Crippen LogP contribution in [-0.4, -0.2) is 40.3 Å². The van der Waals surface area contributed by atoms with Gasteiger partial charge in [0.15, 0.2) is 0 Å². The van der Waals surface area contributed by atoms with Gasteiger partial charge in [-0.25, -0.2) is 4.79 Å². The van der Waals surface area contributed by atoms with Crippen LogP contribution in [0.1, 0.15) is 24.3 Å². The number of hydrogen-bond donors (Lipinski definition) is 3. The zero-order chi connectivity index (χ0) is 22.2. The molecule has 2 aromatic heterocycles. The molecule has 1 aliphatic heterocycles. The number of fused-ring (bicyclic) bond motifs is 2. The lowest BCUT2D eigenvalue weighted by Crippen LogP contribution is -2.41. The fourth-order valence-electron chi connectivity index (χ4n) is 4.10. The average molecular weight is 430 g/mol. The van der Waals surface area contributed by atoms with E-state index < -0.39 is 29.9 Å². The van der Waals surface area contributed by atoms with Crippen LogP contribution in [0.4, 0.5) is 4.79 Å². The predicted octanol–water partition coefficient (Wildman–Crippen LogP) is 3.25. The van der Waals surface area contributed by atoms with Crippen molar-refractivity contribution in [3.8, 4) is 0 Å². The highest BCUT2D eigenvalue weighted by Gasteiger charge is 2.39. The van der Waals surface area contributed by atoms with Gasteiger partial charge in [-0.1, -0.05) is 36.4 Å². The first-order chi connectivity index (χ1) is 15.5. The molecule has 0 aliphatic carbocycles. The number of carbonyl (C=O) groups is 3. The van der Waals surface area contributed by atoms with E-state index in [0.717, 1.165) is 32.3 Å². The van der Waals surface area contributed by atoms with Crippen molar-refractivity contribution in [3.05, 3.63) is 72.1 Å². The van der Waals surface area contributed by atoms with Crippen molar-refractivity contribution in [2.24, 2.45) is 0 Å². The molecule has 4 aromatic rings. The van der Waals surface area contributed by atoms with Gasteiger partial charge in [-0.2, -0.15) is 0 Å². The van der Waals surface area contributed by atoms with Gasteiger partial charge in [-0.05, 0) is 30.7 Å². The van der Waals surface area contributed by atoms with Crippen molar-refractivity contribution in [2.45, 2.75) is 25.4 Å². The van der Waals surface area contributed by atoms with Crippen LogP contribution in [0.15, 0.2) is 65.2 Å². The smallest absolute Gasteiger partial charge is 0.325 e. The number of nitrogens with one attached hydrogen (secondary N) is 3. The second-order valence-electron chi connectivity index (χ2n) is 7.97. The molecule has 1 saturated heterocycles. The zero-order valence-electron chi connectivity index (χ0n) is 17.4. The van der Waals surface area contributed by atoms with Crippen LogP contribution in [0.2, 0.25) is 0 Å². The molecular weight excluding hydrogens is 408 g/mol. The summed E-state index contributed by atoms with van der Waals surface area (Å²) in [5.74, 6) is -0.241. The maximum atomic E-state index is 12.8. The number of amides is 4. The molecule has 0 saturated carbocycles. The van der Waals surface area contributed by atoms with E-state index in [1.165, 1.54) is 0 Å². The number of aromatic nitrogens is 1. The highest BCUT2D eigenvalue weighted by molar-refractivity contribution is 6.06. The molecule has 8 heteroatoms. The van der Waals surface area contributed by atoms with Gasteiger partial charge < -0.3 is 20.0 Å². The number of carbonyl (C=O) groups excluding carboxylic acids is 3. The quantitative estimate of drug-likeness (QED) is 0.408. The minimum absolute atomic E-state index is 0.348. The maximum Gasteiger partial charge on any atom is 0.325 e. The molecule has 0 bridgehead atoms. The number of furan rings is 1. The van der Waals surface area contributed by atoms with E-state index in [2.05, 4.69) is 15.6 Å². The molecule has 162 valence electrons. The molecule has 8 nitrogen and oxygen atoms in total. The second-order valence-corrected chi connectivity index (χ2v) is 7.97. The topological polar surface area (TPSA) is 107 Å². The number of H-pyrrole nitrogens is 1. The number of rotatable bonds is 6. The van der Waals surface area contributed by atoms with Crippen LogP contribution < -0.4 is 10.6 Å². The minimum Gasteiger partial charge on any atom is -0.459 e. The first-order valence-corrected chi connectivity index (χ1v) is 10.4. The van der Waals surface area contributed by atoms with Crippen LogP contribution in [0, 0.1) is 0 Å². The van der Waals surface area contributed by atoms with Gasteiger partial charge in [0.2, 0.25) is 5.91 Å². The van der Waals surface area contributed by atoms with Crippen LogP contribution in [-0.2, 0) is 16.0 Å². The molecule has 3 heterocycles. The summed E-state index contributed by atoms with van der Waals surface area (Å²) >= 11 is 0. The maximum absolute atomic E-state index is 12.8. The van der Waals surface area contributed by atoms with Crippen molar-refractivity contribution in [1.29, 1.82) is 0 Å². The standard InChI is InChI=1S/C24H22N4O4/c1-14(21-11-15-6-2-5-9-20(15)32-21)26-22(29)13-28-23(30)19(27-24(28)31)10-16-12-25-18-8-4-3-7-17(16)18/h2-9,11-12,14,19,25H,10,13H2,1H3,(H,26,29)(H,27,31)/t14-,19-/m0/s1. The highest BCUT2D eigenvalue weighted by atomic mass is 16.3. The number of urea groups is 1. The van der Waals surface area contributed by atoms with Crippen LogP contribution >= 0.6 is 0 Å². The lowest BCUT2D eigenvalue weighted by Gasteiger charge is -2.15. The Morgan fingerprint density at radius 1 is 1.16 bits per heavy atom. The summed E-state index contributed by atoms with van der Waals surface area (Å²) in [6.45, 7) is 1.45. The summed E-state index contributed by atoms with van der Waals surface area (Å²) in [7, 11) is 0. The van der Waals surface area contributed by atoms with E-state index in [-0.39, 0.29) is 6.54 Å². The molecule has 0 spiro atoms. The zero-order valence-corrected chi connectivity index (χ0v) is 17.4. The fourth-order valence-corrected chi connectivity index (χ4v) is 4.10. The molecule has 1 aliphatic rings. The Hall–Kier alpha value is -4.07. The van der Waals surface area contributed by atoms with Crippen molar-refractivity contribution >= 4 is 39.7 Å². The Kier molecular flexibility index (Phi) is 4.89. The number of benzene rings is 2. The first kappa shape index (κ1) is 19.9. The van der Waals surface area contributed by atoms with Crippen molar-refractivity contribution in [1.82, 2.24) is 20.5 Å². The molecule has 2 atom stereocenters. The predicted molar refractivity (Wildman–Crippen MR) is 119 cm³/mol. The van der Waals surface area contributed by atoms with Crippen molar-refractivity contribution < 1.29 is 18.8 Å². The average Bonchev–Trinajstić information content (AvgIpc) is 3.47. The van der Waals surface area contributed by atoms with E-state index in [1.54, 1.807) is 6.92 Å². The van der Waals surface area contributed by atoms with Crippen molar-refractivity contribution in [3.63, 3.8) is 0 Å². The highest BCUT2D eigenvalue weighted by Crippen LogP contribution is 2.24. The lowest BCUT2D eigenvalue weighted by molar-refractivity contribution is -0.132. The van der Waals surface area contributed by atoms with Crippen LogP contribution in [0.25, 0.3) is 21.9 Å². The number of imide groups is 1. The Labute approximate surface area is 183 Å². The van der Waals surface area contributed by atoms with E-state index >= 15 is 0 Å². The SMILES string of the molecule is C[C@H](NC(=O)CN1C(=O)N[C@@H](Cc2c[nH]c3ccccc23)C1=O)c1cc2ccccc2o1. The van der Waals surface area contributed by atoms with Gasteiger partial charge in [-0.15, -0.1) is 0 Å². The summed E-state index contributed by atoms with van der Waals surface area (Å²) < 4.78 is 5.78. The minimum atomic E-state index is -0.706. The van der Waals surface area contributed by atoms with E-state index in [1.807, 2.05) is 60.8 Å². The molecule has 1 fully saturated rings. The van der Waals surface area contributed by atoms with E-state index in [4.69, 9.17) is 4.42 Å². The third-order valence-corrected chi connectivity index (χ3v) is 5.76.